The van der Waals surface area contributed by atoms with Gasteiger partial charge in [-0.15, -0.1) is 0 Å². The highest BCUT2D eigenvalue weighted by Gasteiger charge is 2.34. The monoisotopic (exact) mass is 315 g/mol. The first-order valence-corrected chi connectivity index (χ1v) is 7.59. The number of likely N-dealkylation sites (N-methyl/N-ethyl adjacent to an activating group) is 1. The minimum Gasteiger partial charge on any atom is -0.480 e. The molecular weight excluding hydrogens is 298 g/mol. The molecule has 1 aromatic carbocycles. The molecule has 0 fully saturated rings. The second kappa shape index (κ2) is 6.68. The van der Waals surface area contributed by atoms with Crippen LogP contribution >= 0.6 is 0 Å². The predicted octanol–water partition coefficient (Wildman–Crippen LogP) is 0.957. The van der Waals surface area contributed by atoms with E-state index in [4.69, 9.17) is 5.11 Å². The van der Waals surface area contributed by atoms with E-state index in [1.54, 1.807) is 6.92 Å². The summed E-state index contributed by atoms with van der Waals surface area (Å²) in [6.45, 7) is 1.57. The summed E-state index contributed by atoms with van der Waals surface area (Å²) in [5.74, 6) is -2.05. The van der Waals surface area contributed by atoms with Crippen molar-refractivity contribution >= 4 is 22.0 Å². The first-order valence-electron chi connectivity index (χ1n) is 6.15. The first kappa shape index (κ1) is 17.1. The van der Waals surface area contributed by atoms with E-state index in [-0.39, 0.29) is 16.9 Å². The predicted molar refractivity (Wildman–Crippen MR) is 74.4 cm³/mol. The van der Waals surface area contributed by atoms with Crippen LogP contribution in [0, 0.1) is 0 Å². The van der Waals surface area contributed by atoms with E-state index >= 15 is 0 Å². The summed E-state index contributed by atoms with van der Waals surface area (Å²) in [4.78, 5) is 22.5. The number of benzene rings is 1. The average molecular weight is 315 g/mol. The fraction of sp³-hybridized carbons (Fsp3) is 0.385. The van der Waals surface area contributed by atoms with Gasteiger partial charge >= 0.3 is 11.9 Å². The first-order chi connectivity index (χ1) is 9.77. The van der Waals surface area contributed by atoms with Crippen LogP contribution < -0.4 is 0 Å². The summed E-state index contributed by atoms with van der Waals surface area (Å²) in [5, 5.41) is 9.08. The van der Waals surface area contributed by atoms with Gasteiger partial charge in [-0.3, -0.25) is 4.79 Å². The summed E-state index contributed by atoms with van der Waals surface area (Å²) in [6, 6.07) is 4.30. The quantitative estimate of drug-likeness (QED) is 0.785. The zero-order chi connectivity index (χ0) is 16.2. The van der Waals surface area contributed by atoms with Gasteiger partial charge in [-0.1, -0.05) is 19.1 Å². The van der Waals surface area contributed by atoms with E-state index in [1.165, 1.54) is 31.3 Å². The summed E-state index contributed by atoms with van der Waals surface area (Å²) >= 11 is 0. The third-order valence-electron chi connectivity index (χ3n) is 3.06. The van der Waals surface area contributed by atoms with Crippen LogP contribution in [0.25, 0.3) is 0 Å². The van der Waals surface area contributed by atoms with E-state index < -0.39 is 28.0 Å². The third-order valence-corrected chi connectivity index (χ3v) is 4.98. The molecule has 1 aromatic rings. The number of carbonyl (C=O) groups is 2. The lowest BCUT2D eigenvalue weighted by Gasteiger charge is -2.23. The molecule has 0 radical (unpaired) electrons. The van der Waals surface area contributed by atoms with Gasteiger partial charge < -0.3 is 9.84 Å². The Kier molecular flexibility index (Phi) is 5.45. The lowest BCUT2D eigenvalue weighted by atomic mass is 10.2. The molecule has 1 unspecified atom stereocenters. The van der Waals surface area contributed by atoms with Gasteiger partial charge in [0.2, 0.25) is 10.0 Å². The molecule has 0 heterocycles. The molecule has 0 amide bonds. The minimum atomic E-state index is -4.13. The van der Waals surface area contributed by atoms with Gasteiger partial charge in [-0.25, -0.2) is 13.2 Å². The zero-order valence-corrected chi connectivity index (χ0v) is 12.8. The molecule has 0 saturated heterocycles. The van der Waals surface area contributed by atoms with Crippen LogP contribution in [0.5, 0.6) is 0 Å². The van der Waals surface area contributed by atoms with Gasteiger partial charge in [0.15, 0.2) is 0 Å². The van der Waals surface area contributed by atoms with Crippen molar-refractivity contribution < 1.29 is 27.9 Å². The highest BCUT2D eigenvalue weighted by molar-refractivity contribution is 7.89. The Balaban J connectivity index is 3.38. The number of hydrogen-bond donors (Lipinski definition) is 1. The average Bonchev–Trinajstić information content (AvgIpc) is 2.46. The van der Waals surface area contributed by atoms with Crippen LogP contribution in [0.15, 0.2) is 29.2 Å². The number of sulfonamides is 1. The molecule has 0 bridgehead atoms. The number of nitrogens with zero attached hydrogens (tertiary/aromatic N) is 1. The molecular formula is C13H17NO6S. The standard InChI is InChI=1S/C13H17NO6S/c1-4-10(12(15)16)14(2)21(18,19)11-8-6-5-7-9(11)13(17)20-3/h5-8,10H,4H2,1-3H3,(H,15,16). The minimum absolute atomic E-state index is 0.103. The number of carboxylic acids is 1. The Bertz CT molecular complexity index is 640. The van der Waals surface area contributed by atoms with Crippen molar-refractivity contribution in [3.05, 3.63) is 29.8 Å². The Morgan fingerprint density at radius 3 is 2.38 bits per heavy atom. The van der Waals surface area contributed by atoms with Gasteiger partial charge in [-0.2, -0.15) is 4.31 Å². The molecule has 0 saturated carbocycles. The maximum atomic E-state index is 12.5. The Morgan fingerprint density at radius 2 is 1.90 bits per heavy atom. The molecule has 7 nitrogen and oxygen atoms in total. The smallest absolute Gasteiger partial charge is 0.339 e. The van der Waals surface area contributed by atoms with Crippen LogP contribution in [-0.4, -0.2) is 50.0 Å². The molecule has 0 aliphatic rings. The third kappa shape index (κ3) is 3.40. The second-order valence-electron chi connectivity index (χ2n) is 4.27. The maximum absolute atomic E-state index is 12.5. The lowest BCUT2D eigenvalue weighted by molar-refractivity contribution is -0.141. The van der Waals surface area contributed by atoms with E-state index in [1.807, 2.05) is 0 Å². The number of ether oxygens (including phenoxy) is 1. The van der Waals surface area contributed by atoms with Crippen molar-refractivity contribution in [2.45, 2.75) is 24.3 Å². The van der Waals surface area contributed by atoms with Gasteiger partial charge in [-0.05, 0) is 18.6 Å². The zero-order valence-electron chi connectivity index (χ0n) is 11.9. The van der Waals surface area contributed by atoms with Crippen molar-refractivity contribution in [1.82, 2.24) is 4.31 Å². The molecule has 0 aliphatic heterocycles. The van der Waals surface area contributed by atoms with Crippen LogP contribution in [0.1, 0.15) is 23.7 Å². The van der Waals surface area contributed by atoms with Gasteiger partial charge in [0.1, 0.15) is 6.04 Å². The number of hydrogen-bond acceptors (Lipinski definition) is 5. The highest BCUT2D eigenvalue weighted by Crippen LogP contribution is 2.22. The summed E-state index contributed by atoms with van der Waals surface area (Å²) in [5.41, 5.74) is -0.132. The van der Waals surface area contributed by atoms with Crippen molar-refractivity contribution in [3.8, 4) is 0 Å². The van der Waals surface area contributed by atoms with Crippen molar-refractivity contribution in [1.29, 1.82) is 0 Å². The van der Waals surface area contributed by atoms with Crippen molar-refractivity contribution in [3.63, 3.8) is 0 Å². The van der Waals surface area contributed by atoms with Gasteiger partial charge in [0.05, 0.1) is 17.6 Å². The molecule has 0 aromatic heterocycles. The number of esters is 1. The summed E-state index contributed by atoms with van der Waals surface area (Å²) in [6.07, 6.45) is 0.103. The molecule has 1 atom stereocenters. The Morgan fingerprint density at radius 1 is 1.33 bits per heavy atom. The van der Waals surface area contributed by atoms with Crippen LogP contribution in [0.3, 0.4) is 0 Å². The van der Waals surface area contributed by atoms with Gasteiger partial charge in [0.25, 0.3) is 0 Å². The fourth-order valence-electron chi connectivity index (χ4n) is 1.88. The van der Waals surface area contributed by atoms with Crippen LogP contribution in [-0.2, 0) is 19.6 Å². The largest absolute Gasteiger partial charge is 0.480 e. The molecule has 0 aliphatic carbocycles. The number of carbonyl (C=O) groups excluding carboxylic acids is 1. The number of carboxylic acid groups (broad SMARTS) is 1. The molecule has 8 heteroatoms. The normalized spacial score (nSPS) is 13.0. The SMILES string of the molecule is CCC(C(=O)O)N(C)S(=O)(=O)c1ccccc1C(=O)OC. The van der Waals surface area contributed by atoms with Crippen LogP contribution in [0.2, 0.25) is 0 Å². The topological polar surface area (TPSA) is 101 Å². The van der Waals surface area contributed by atoms with Crippen molar-refractivity contribution in [2.75, 3.05) is 14.2 Å². The van der Waals surface area contributed by atoms with E-state index in [9.17, 15) is 18.0 Å². The maximum Gasteiger partial charge on any atom is 0.339 e. The van der Waals surface area contributed by atoms with E-state index in [0.29, 0.717) is 0 Å². The molecule has 116 valence electrons. The molecule has 1 rings (SSSR count). The molecule has 1 N–H and O–H groups in total. The number of aliphatic carboxylic acids is 1. The van der Waals surface area contributed by atoms with Gasteiger partial charge in [0, 0.05) is 7.05 Å². The van der Waals surface area contributed by atoms with Crippen LogP contribution in [0.4, 0.5) is 0 Å². The fourth-order valence-corrected chi connectivity index (χ4v) is 3.44. The van der Waals surface area contributed by atoms with E-state index in [0.717, 1.165) is 11.4 Å². The lowest BCUT2D eigenvalue weighted by Crippen LogP contribution is -2.42. The number of methoxy groups -OCH3 is 1. The number of rotatable bonds is 6. The summed E-state index contributed by atoms with van der Waals surface area (Å²) in [7, 11) is -1.82. The Labute approximate surface area is 123 Å². The molecule has 0 spiro atoms. The van der Waals surface area contributed by atoms with E-state index in [2.05, 4.69) is 4.74 Å². The molecule has 21 heavy (non-hydrogen) atoms. The Hall–Kier alpha value is -1.93. The highest BCUT2D eigenvalue weighted by atomic mass is 32.2. The second-order valence-corrected chi connectivity index (χ2v) is 6.24. The van der Waals surface area contributed by atoms with Crippen molar-refractivity contribution in [2.24, 2.45) is 0 Å². The summed E-state index contributed by atoms with van der Waals surface area (Å²) < 4.78 is 30.4.